The van der Waals surface area contributed by atoms with Crippen LogP contribution in [0.25, 0.3) is 11.3 Å². The van der Waals surface area contributed by atoms with Gasteiger partial charge in [-0.15, -0.1) is 11.3 Å². The third-order valence-electron chi connectivity index (χ3n) is 5.06. The van der Waals surface area contributed by atoms with E-state index in [9.17, 15) is 4.79 Å². The predicted molar refractivity (Wildman–Crippen MR) is 119 cm³/mol. The van der Waals surface area contributed by atoms with Gasteiger partial charge in [0, 0.05) is 41.6 Å². The van der Waals surface area contributed by atoms with E-state index in [1.807, 2.05) is 53.4 Å². The molecule has 3 aromatic rings. The molecule has 0 atom stereocenters. The van der Waals surface area contributed by atoms with Crippen molar-refractivity contribution in [2.75, 3.05) is 33.3 Å². The summed E-state index contributed by atoms with van der Waals surface area (Å²) < 4.78 is 6.06. The number of methoxy groups -OCH3 is 1. The number of hydrogen-bond acceptors (Lipinski definition) is 5. The standard InChI is InChI=1S/C22H22BrN3O2S/c1-28-17-8-6-16(7-9-17)20-15-29-21(24-20)14-25-10-12-26(13-11-25)22(27)18-4-2-3-5-19(18)23/h2-9,15H,10-14H2,1H3. The Bertz CT molecular complexity index is 982. The molecule has 29 heavy (non-hydrogen) atoms. The summed E-state index contributed by atoms with van der Waals surface area (Å²) in [5, 5.41) is 3.20. The SMILES string of the molecule is COc1ccc(-c2csc(CN3CCN(C(=O)c4ccccc4Br)CC3)n2)cc1. The molecule has 1 aliphatic heterocycles. The van der Waals surface area contributed by atoms with Crippen LogP contribution in [0.4, 0.5) is 0 Å². The Kier molecular flexibility index (Phi) is 6.28. The highest BCUT2D eigenvalue weighted by atomic mass is 79.9. The van der Waals surface area contributed by atoms with E-state index in [2.05, 4.69) is 26.2 Å². The van der Waals surface area contributed by atoms with Crippen LogP contribution < -0.4 is 4.74 Å². The van der Waals surface area contributed by atoms with Gasteiger partial charge < -0.3 is 9.64 Å². The van der Waals surface area contributed by atoms with Crippen LogP contribution in [-0.2, 0) is 6.54 Å². The molecule has 5 nitrogen and oxygen atoms in total. The summed E-state index contributed by atoms with van der Waals surface area (Å²) in [5.74, 6) is 0.937. The first-order chi connectivity index (χ1) is 14.1. The van der Waals surface area contributed by atoms with E-state index >= 15 is 0 Å². The minimum absolute atomic E-state index is 0.0909. The summed E-state index contributed by atoms with van der Waals surface area (Å²) in [4.78, 5) is 21.8. The second-order valence-corrected chi connectivity index (χ2v) is 8.70. The largest absolute Gasteiger partial charge is 0.497 e. The lowest BCUT2D eigenvalue weighted by Crippen LogP contribution is -2.48. The molecule has 0 unspecified atom stereocenters. The number of benzene rings is 2. The van der Waals surface area contributed by atoms with E-state index in [4.69, 9.17) is 9.72 Å². The van der Waals surface area contributed by atoms with Crippen LogP contribution in [0.3, 0.4) is 0 Å². The first kappa shape index (κ1) is 20.1. The van der Waals surface area contributed by atoms with Gasteiger partial charge in [0.2, 0.25) is 0 Å². The van der Waals surface area contributed by atoms with E-state index in [-0.39, 0.29) is 5.91 Å². The first-order valence-corrected chi connectivity index (χ1v) is 11.2. The maximum Gasteiger partial charge on any atom is 0.255 e. The van der Waals surface area contributed by atoms with Gasteiger partial charge in [0.25, 0.3) is 5.91 Å². The van der Waals surface area contributed by atoms with Gasteiger partial charge in [-0.05, 0) is 52.3 Å². The molecule has 0 spiro atoms. The topological polar surface area (TPSA) is 45.7 Å². The number of rotatable bonds is 5. The summed E-state index contributed by atoms with van der Waals surface area (Å²) in [5.41, 5.74) is 2.82. The summed E-state index contributed by atoms with van der Waals surface area (Å²) in [6.07, 6.45) is 0. The van der Waals surface area contributed by atoms with Gasteiger partial charge in [0.15, 0.2) is 0 Å². The van der Waals surface area contributed by atoms with E-state index in [1.54, 1.807) is 18.4 Å². The third-order valence-corrected chi connectivity index (χ3v) is 6.59. The molecular weight excluding hydrogens is 450 g/mol. The monoisotopic (exact) mass is 471 g/mol. The Labute approximate surface area is 183 Å². The molecule has 0 saturated carbocycles. The molecule has 2 aromatic carbocycles. The Morgan fingerprint density at radius 3 is 2.52 bits per heavy atom. The minimum atomic E-state index is 0.0909. The summed E-state index contributed by atoms with van der Waals surface area (Å²) in [6, 6.07) is 15.6. The fourth-order valence-electron chi connectivity index (χ4n) is 3.38. The molecule has 0 bridgehead atoms. The van der Waals surface area contributed by atoms with Gasteiger partial charge in [-0.25, -0.2) is 4.98 Å². The molecule has 150 valence electrons. The number of hydrogen-bond donors (Lipinski definition) is 0. The molecule has 0 N–H and O–H groups in total. The number of nitrogens with zero attached hydrogens (tertiary/aromatic N) is 3. The van der Waals surface area contributed by atoms with Crippen molar-refractivity contribution in [3.05, 3.63) is 69.0 Å². The van der Waals surface area contributed by atoms with Crippen molar-refractivity contribution >= 4 is 33.2 Å². The number of carbonyl (C=O) groups is 1. The van der Waals surface area contributed by atoms with E-state index in [1.165, 1.54) is 0 Å². The van der Waals surface area contributed by atoms with Crippen LogP contribution in [0.1, 0.15) is 15.4 Å². The highest BCUT2D eigenvalue weighted by molar-refractivity contribution is 9.10. The lowest BCUT2D eigenvalue weighted by Gasteiger charge is -2.34. The Morgan fingerprint density at radius 2 is 1.83 bits per heavy atom. The normalized spacial score (nSPS) is 14.8. The molecule has 1 fully saturated rings. The third kappa shape index (κ3) is 4.69. The molecular formula is C22H22BrN3O2S. The lowest BCUT2D eigenvalue weighted by atomic mass is 10.2. The predicted octanol–water partition coefficient (Wildman–Crippen LogP) is 4.54. The molecule has 0 aliphatic carbocycles. The number of amides is 1. The minimum Gasteiger partial charge on any atom is -0.497 e. The number of piperazine rings is 1. The number of thiazole rings is 1. The van der Waals surface area contributed by atoms with Crippen molar-refractivity contribution in [1.82, 2.24) is 14.8 Å². The molecule has 1 aromatic heterocycles. The fraction of sp³-hybridized carbons (Fsp3) is 0.273. The van der Waals surface area contributed by atoms with Crippen LogP contribution in [0.2, 0.25) is 0 Å². The maximum absolute atomic E-state index is 12.7. The van der Waals surface area contributed by atoms with Crippen molar-refractivity contribution in [3.63, 3.8) is 0 Å². The van der Waals surface area contributed by atoms with E-state index in [0.717, 1.165) is 64.8 Å². The lowest BCUT2D eigenvalue weighted by molar-refractivity contribution is 0.0627. The maximum atomic E-state index is 12.7. The smallest absolute Gasteiger partial charge is 0.255 e. The van der Waals surface area contributed by atoms with E-state index in [0.29, 0.717) is 0 Å². The summed E-state index contributed by atoms with van der Waals surface area (Å²) in [6.45, 7) is 3.99. The van der Waals surface area contributed by atoms with Crippen LogP contribution in [-0.4, -0.2) is 54.0 Å². The number of halogens is 1. The number of aromatic nitrogens is 1. The van der Waals surface area contributed by atoms with Gasteiger partial charge in [-0.3, -0.25) is 9.69 Å². The van der Waals surface area contributed by atoms with Gasteiger partial charge in [-0.2, -0.15) is 0 Å². The van der Waals surface area contributed by atoms with Gasteiger partial charge in [0.1, 0.15) is 10.8 Å². The average molecular weight is 472 g/mol. The van der Waals surface area contributed by atoms with Crippen molar-refractivity contribution in [3.8, 4) is 17.0 Å². The van der Waals surface area contributed by atoms with Gasteiger partial charge >= 0.3 is 0 Å². The summed E-state index contributed by atoms with van der Waals surface area (Å²) in [7, 11) is 1.67. The Morgan fingerprint density at radius 1 is 1.10 bits per heavy atom. The van der Waals surface area contributed by atoms with Crippen LogP contribution in [0, 0.1) is 0 Å². The second-order valence-electron chi connectivity index (χ2n) is 6.90. The zero-order valence-corrected chi connectivity index (χ0v) is 18.6. The van der Waals surface area contributed by atoms with Crippen LogP contribution >= 0.6 is 27.3 Å². The van der Waals surface area contributed by atoms with Crippen molar-refractivity contribution < 1.29 is 9.53 Å². The van der Waals surface area contributed by atoms with Gasteiger partial charge in [0.05, 0.1) is 24.9 Å². The molecule has 2 heterocycles. The average Bonchev–Trinajstić information content (AvgIpc) is 3.23. The molecule has 7 heteroatoms. The number of carbonyl (C=O) groups excluding carboxylic acids is 1. The summed E-state index contributed by atoms with van der Waals surface area (Å²) >= 11 is 5.16. The second kappa shape index (κ2) is 9.07. The highest BCUT2D eigenvalue weighted by Gasteiger charge is 2.23. The molecule has 1 saturated heterocycles. The molecule has 1 amide bonds. The zero-order valence-electron chi connectivity index (χ0n) is 16.2. The van der Waals surface area contributed by atoms with Crippen LogP contribution in [0.15, 0.2) is 58.4 Å². The first-order valence-electron chi connectivity index (χ1n) is 9.49. The van der Waals surface area contributed by atoms with Crippen molar-refractivity contribution in [2.45, 2.75) is 6.54 Å². The Hall–Kier alpha value is -2.22. The number of ether oxygens (including phenoxy) is 1. The highest BCUT2D eigenvalue weighted by Crippen LogP contribution is 2.25. The Balaban J connectivity index is 1.33. The quantitative estimate of drug-likeness (QED) is 0.547. The van der Waals surface area contributed by atoms with Crippen molar-refractivity contribution in [1.29, 1.82) is 0 Å². The van der Waals surface area contributed by atoms with E-state index < -0.39 is 0 Å². The zero-order chi connectivity index (χ0) is 20.2. The van der Waals surface area contributed by atoms with Crippen LogP contribution in [0.5, 0.6) is 5.75 Å². The van der Waals surface area contributed by atoms with Gasteiger partial charge in [-0.1, -0.05) is 12.1 Å². The molecule has 4 rings (SSSR count). The fourth-order valence-corrected chi connectivity index (χ4v) is 4.68. The van der Waals surface area contributed by atoms with Crippen molar-refractivity contribution in [2.24, 2.45) is 0 Å². The molecule has 0 radical (unpaired) electrons. The molecule has 1 aliphatic rings.